The maximum atomic E-state index is 11.7. The van der Waals surface area contributed by atoms with Gasteiger partial charge >= 0.3 is 0 Å². The zero-order chi connectivity index (χ0) is 12.4. The van der Waals surface area contributed by atoms with E-state index in [0.717, 1.165) is 0 Å². The first-order valence-electron chi connectivity index (χ1n) is 5.74. The predicted molar refractivity (Wildman–Crippen MR) is 64.0 cm³/mol. The van der Waals surface area contributed by atoms with Crippen LogP contribution in [0.4, 0.5) is 5.82 Å². The molecule has 17 heavy (non-hydrogen) atoms. The first kappa shape index (κ1) is 11.6. The van der Waals surface area contributed by atoms with Gasteiger partial charge in [-0.25, -0.2) is 4.98 Å². The minimum absolute atomic E-state index is 0.00140. The summed E-state index contributed by atoms with van der Waals surface area (Å²) in [5, 5.41) is 2.82. The molecule has 1 atom stereocenters. The monoisotopic (exact) mass is 236 g/mol. The minimum atomic E-state index is -0.238. The summed E-state index contributed by atoms with van der Waals surface area (Å²) in [4.78, 5) is 31.9. The molecule has 0 saturated carbocycles. The van der Waals surface area contributed by atoms with Gasteiger partial charge in [-0.1, -0.05) is 6.92 Å². The molecule has 1 unspecified atom stereocenters. The van der Waals surface area contributed by atoms with Gasteiger partial charge in [-0.2, -0.15) is 0 Å². The second-order valence-corrected chi connectivity index (χ2v) is 4.10. The number of nitrogens with one attached hydrogen (secondary N) is 2. The van der Waals surface area contributed by atoms with Crippen molar-refractivity contribution >= 4 is 11.7 Å². The Balaban J connectivity index is 2.36. The second kappa shape index (κ2) is 4.57. The van der Waals surface area contributed by atoms with E-state index in [1.54, 1.807) is 6.92 Å². The number of aromatic amines is 1. The first-order chi connectivity index (χ1) is 8.11. The van der Waals surface area contributed by atoms with Gasteiger partial charge in [-0.05, 0) is 13.3 Å². The third-order valence-corrected chi connectivity index (χ3v) is 2.86. The Morgan fingerprint density at radius 2 is 2.29 bits per heavy atom. The van der Waals surface area contributed by atoms with Crippen molar-refractivity contribution in [3.63, 3.8) is 0 Å². The molecule has 1 aromatic rings. The van der Waals surface area contributed by atoms with Crippen molar-refractivity contribution in [3.05, 3.63) is 22.2 Å². The molecule has 92 valence electrons. The number of hydrogen-bond acceptors (Lipinski definition) is 4. The summed E-state index contributed by atoms with van der Waals surface area (Å²) in [6.45, 7) is 4.95. The highest BCUT2D eigenvalue weighted by molar-refractivity contribution is 5.86. The van der Waals surface area contributed by atoms with Crippen molar-refractivity contribution in [1.29, 1.82) is 0 Å². The zero-order valence-electron chi connectivity index (χ0n) is 9.99. The van der Waals surface area contributed by atoms with Crippen LogP contribution >= 0.6 is 0 Å². The number of hydrogen-bond donors (Lipinski definition) is 2. The highest BCUT2D eigenvalue weighted by atomic mass is 16.2. The van der Waals surface area contributed by atoms with Crippen molar-refractivity contribution in [2.45, 2.75) is 26.3 Å². The average molecular weight is 236 g/mol. The highest BCUT2D eigenvalue weighted by Gasteiger charge is 2.29. The van der Waals surface area contributed by atoms with Crippen LogP contribution in [-0.2, 0) is 4.79 Å². The quantitative estimate of drug-likeness (QED) is 0.745. The Hall–Kier alpha value is -1.85. The molecule has 1 fully saturated rings. The Bertz CT molecular complexity index is 483. The van der Waals surface area contributed by atoms with E-state index in [0.29, 0.717) is 31.2 Å². The van der Waals surface area contributed by atoms with E-state index in [2.05, 4.69) is 15.3 Å². The Kier molecular flexibility index (Phi) is 3.12. The summed E-state index contributed by atoms with van der Waals surface area (Å²) in [7, 11) is 0. The minimum Gasteiger partial charge on any atom is -0.353 e. The maximum absolute atomic E-state index is 11.7. The van der Waals surface area contributed by atoms with Crippen molar-refractivity contribution in [3.8, 4) is 0 Å². The van der Waals surface area contributed by atoms with E-state index in [4.69, 9.17) is 0 Å². The molecule has 6 heteroatoms. The summed E-state index contributed by atoms with van der Waals surface area (Å²) in [6.07, 6.45) is 0.694. The number of rotatable bonds is 2. The van der Waals surface area contributed by atoms with Crippen LogP contribution in [0, 0.1) is 6.92 Å². The van der Waals surface area contributed by atoms with Gasteiger partial charge in [-0.3, -0.25) is 9.59 Å². The number of piperazine rings is 1. The third-order valence-electron chi connectivity index (χ3n) is 2.86. The normalized spacial score (nSPS) is 20.2. The lowest BCUT2D eigenvalue weighted by atomic mass is 10.1. The van der Waals surface area contributed by atoms with Crippen LogP contribution in [-0.4, -0.2) is 35.0 Å². The maximum Gasteiger partial charge on any atom is 0.252 e. The molecular weight excluding hydrogens is 220 g/mol. The Labute approximate surface area is 99.1 Å². The lowest BCUT2D eigenvalue weighted by molar-refractivity contribution is -0.123. The lowest BCUT2D eigenvalue weighted by Gasteiger charge is -2.35. The van der Waals surface area contributed by atoms with Crippen LogP contribution in [0.3, 0.4) is 0 Å². The number of amides is 1. The van der Waals surface area contributed by atoms with Crippen LogP contribution in [0.1, 0.15) is 19.2 Å². The summed E-state index contributed by atoms with van der Waals surface area (Å²) < 4.78 is 0. The number of carbonyl (C=O) groups is 1. The van der Waals surface area contributed by atoms with E-state index in [-0.39, 0.29) is 17.5 Å². The average Bonchev–Trinajstić information content (AvgIpc) is 2.27. The molecular formula is C11H16N4O2. The standard InChI is InChI=1S/C11H16N4O2/c1-3-8-11(17)12-4-5-15(8)9-6-10(16)14-7(2)13-9/h6,8H,3-5H2,1-2H3,(H,12,17)(H,13,14,16). The molecule has 2 rings (SSSR count). The van der Waals surface area contributed by atoms with Crippen LogP contribution in [0.25, 0.3) is 0 Å². The second-order valence-electron chi connectivity index (χ2n) is 4.10. The molecule has 0 aromatic carbocycles. The smallest absolute Gasteiger partial charge is 0.252 e. The molecule has 0 bridgehead atoms. The topological polar surface area (TPSA) is 78.1 Å². The number of carbonyl (C=O) groups excluding carboxylic acids is 1. The summed E-state index contributed by atoms with van der Waals surface area (Å²) in [5.41, 5.74) is -0.187. The SMILES string of the molecule is CCC1C(=O)NCCN1c1cc(=O)[nH]c(C)n1. The van der Waals surface area contributed by atoms with Gasteiger partial charge in [0.2, 0.25) is 5.91 Å². The molecule has 1 aliphatic rings. The molecule has 1 amide bonds. The van der Waals surface area contributed by atoms with Gasteiger partial charge < -0.3 is 15.2 Å². The molecule has 6 nitrogen and oxygen atoms in total. The van der Waals surface area contributed by atoms with E-state index in [1.165, 1.54) is 6.07 Å². The molecule has 2 heterocycles. The van der Waals surface area contributed by atoms with Crippen molar-refractivity contribution < 1.29 is 4.79 Å². The van der Waals surface area contributed by atoms with Crippen molar-refractivity contribution in [1.82, 2.24) is 15.3 Å². The molecule has 0 radical (unpaired) electrons. The highest BCUT2D eigenvalue weighted by Crippen LogP contribution is 2.16. The Morgan fingerprint density at radius 1 is 1.53 bits per heavy atom. The lowest BCUT2D eigenvalue weighted by Crippen LogP contribution is -2.55. The Morgan fingerprint density at radius 3 is 2.94 bits per heavy atom. The fourth-order valence-corrected chi connectivity index (χ4v) is 2.11. The molecule has 0 spiro atoms. The summed E-state index contributed by atoms with van der Waals surface area (Å²) in [5.74, 6) is 1.14. The van der Waals surface area contributed by atoms with E-state index in [9.17, 15) is 9.59 Å². The molecule has 0 aliphatic carbocycles. The first-order valence-corrected chi connectivity index (χ1v) is 5.74. The van der Waals surface area contributed by atoms with Crippen LogP contribution < -0.4 is 15.8 Å². The van der Waals surface area contributed by atoms with Crippen LogP contribution in [0.2, 0.25) is 0 Å². The largest absolute Gasteiger partial charge is 0.353 e. The van der Waals surface area contributed by atoms with Crippen molar-refractivity contribution in [2.24, 2.45) is 0 Å². The third kappa shape index (κ3) is 2.30. The van der Waals surface area contributed by atoms with E-state index in [1.807, 2.05) is 11.8 Å². The van der Waals surface area contributed by atoms with Gasteiger partial charge in [-0.15, -0.1) is 0 Å². The van der Waals surface area contributed by atoms with Crippen LogP contribution in [0.15, 0.2) is 10.9 Å². The molecule has 1 aliphatic heterocycles. The summed E-state index contributed by atoms with van der Waals surface area (Å²) >= 11 is 0. The summed E-state index contributed by atoms with van der Waals surface area (Å²) in [6, 6.07) is 1.20. The van der Waals surface area contributed by atoms with Gasteiger partial charge in [0, 0.05) is 19.2 Å². The van der Waals surface area contributed by atoms with Gasteiger partial charge in [0.1, 0.15) is 17.7 Å². The number of H-pyrrole nitrogens is 1. The number of nitrogens with zero attached hydrogens (tertiary/aromatic N) is 2. The van der Waals surface area contributed by atoms with E-state index >= 15 is 0 Å². The van der Waals surface area contributed by atoms with Gasteiger partial charge in [0.05, 0.1) is 0 Å². The van der Waals surface area contributed by atoms with Crippen LogP contribution in [0.5, 0.6) is 0 Å². The number of anilines is 1. The fourth-order valence-electron chi connectivity index (χ4n) is 2.11. The van der Waals surface area contributed by atoms with Gasteiger partial charge in [0.15, 0.2) is 0 Å². The van der Waals surface area contributed by atoms with Gasteiger partial charge in [0.25, 0.3) is 5.56 Å². The van der Waals surface area contributed by atoms with Crippen molar-refractivity contribution in [2.75, 3.05) is 18.0 Å². The fraction of sp³-hybridized carbons (Fsp3) is 0.545. The number of aromatic nitrogens is 2. The molecule has 1 saturated heterocycles. The zero-order valence-corrected chi connectivity index (χ0v) is 9.99. The predicted octanol–water partition coefficient (Wildman–Crippen LogP) is -0.207. The number of aryl methyl sites for hydroxylation is 1. The molecule has 2 N–H and O–H groups in total. The molecule has 1 aromatic heterocycles. The van der Waals surface area contributed by atoms with E-state index < -0.39 is 0 Å².